The molecule has 2 atom stereocenters. The van der Waals surface area contributed by atoms with Gasteiger partial charge in [-0.3, -0.25) is 19.8 Å². The fourth-order valence-corrected chi connectivity index (χ4v) is 5.42. The first-order chi connectivity index (χ1) is 17.9. The van der Waals surface area contributed by atoms with Gasteiger partial charge >= 0.3 is 0 Å². The number of nitrogens with zero attached hydrogens (tertiary/aromatic N) is 4. The van der Waals surface area contributed by atoms with Gasteiger partial charge in [-0.25, -0.2) is 8.78 Å². The lowest BCUT2D eigenvalue weighted by Crippen LogP contribution is -2.48. The summed E-state index contributed by atoms with van der Waals surface area (Å²) in [6.07, 6.45) is 0. The summed E-state index contributed by atoms with van der Waals surface area (Å²) in [5.74, 6) is -0.641. The van der Waals surface area contributed by atoms with E-state index in [-0.39, 0.29) is 35.1 Å². The van der Waals surface area contributed by atoms with E-state index in [1.165, 1.54) is 42.5 Å². The molecule has 0 aliphatic carbocycles. The standard InChI is InChI=1S/C28H28F2N4O3/c29-23-6-10-25(11-7-23)32-14-12-31(13-15-32)17-22-18-33(19-27(22)21-2-1-3-24(30)16-21)28(35)20-4-8-26(9-5-20)34(36)37/h1-11,16,22,27H,12-15,17-19H2. The van der Waals surface area contributed by atoms with Gasteiger partial charge in [0.2, 0.25) is 0 Å². The average Bonchev–Trinajstić information content (AvgIpc) is 3.33. The molecule has 9 heteroatoms. The molecule has 0 saturated carbocycles. The molecule has 0 bridgehead atoms. The second-order valence-corrected chi connectivity index (χ2v) is 9.70. The Labute approximate surface area is 214 Å². The third kappa shape index (κ3) is 5.61. The summed E-state index contributed by atoms with van der Waals surface area (Å²) < 4.78 is 27.4. The molecule has 2 aliphatic rings. The van der Waals surface area contributed by atoms with Gasteiger partial charge in [0.25, 0.3) is 11.6 Å². The van der Waals surface area contributed by atoms with Gasteiger partial charge in [0, 0.05) is 75.1 Å². The first-order valence-electron chi connectivity index (χ1n) is 12.4. The predicted octanol–water partition coefficient (Wildman–Crippen LogP) is 4.55. The number of hydrogen-bond acceptors (Lipinski definition) is 5. The number of anilines is 1. The van der Waals surface area contributed by atoms with Gasteiger partial charge in [-0.05, 0) is 60.0 Å². The number of nitro groups is 1. The minimum Gasteiger partial charge on any atom is -0.369 e. The van der Waals surface area contributed by atoms with Crippen LogP contribution in [0.4, 0.5) is 20.2 Å². The van der Waals surface area contributed by atoms with Crippen LogP contribution in [0.2, 0.25) is 0 Å². The minimum absolute atomic E-state index is 0.0205. The van der Waals surface area contributed by atoms with Gasteiger partial charge in [0.05, 0.1) is 4.92 Å². The number of non-ortho nitro benzene ring substituents is 1. The Balaban J connectivity index is 1.28. The van der Waals surface area contributed by atoms with Crippen molar-refractivity contribution in [3.05, 3.63) is 106 Å². The third-order valence-corrected chi connectivity index (χ3v) is 7.39. The van der Waals surface area contributed by atoms with Crippen LogP contribution in [0, 0.1) is 27.7 Å². The molecule has 2 fully saturated rings. The van der Waals surface area contributed by atoms with Crippen LogP contribution in [-0.4, -0.2) is 66.4 Å². The van der Waals surface area contributed by atoms with E-state index >= 15 is 0 Å². The molecule has 0 N–H and O–H groups in total. The molecule has 1 amide bonds. The predicted molar refractivity (Wildman–Crippen MR) is 137 cm³/mol. The molecule has 0 spiro atoms. The van der Waals surface area contributed by atoms with Gasteiger partial charge in [0.15, 0.2) is 0 Å². The van der Waals surface area contributed by atoms with Crippen molar-refractivity contribution in [2.75, 3.05) is 50.7 Å². The maximum Gasteiger partial charge on any atom is 0.269 e. The molecule has 7 nitrogen and oxygen atoms in total. The molecule has 0 aromatic heterocycles. The summed E-state index contributed by atoms with van der Waals surface area (Å²) in [6, 6.07) is 18.8. The van der Waals surface area contributed by atoms with Crippen molar-refractivity contribution < 1.29 is 18.5 Å². The first-order valence-corrected chi connectivity index (χ1v) is 12.4. The summed E-state index contributed by atoms with van der Waals surface area (Å²) in [7, 11) is 0. The van der Waals surface area contributed by atoms with E-state index in [1.807, 2.05) is 6.07 Å². The lowest BCUT2D eigenvalue weighted by molar-refractivity contribution is -0.384. The molecule has 37 heavy (non-hydrogen) atoms. The zero-order valence-corrected chi connectivity index (χ0v) is 20.3. The van der Waals surface area contributed by atoms with Crippen LogP contribution < -0.4 is 4.90 Å². The number of carbonyl (C=O) groups is 1. The highest BCUT2D eigenvalue weighted by molar-refractivity contribution is 5.94. The number of benzene rings is 3. The molecule has 5 rings (SSSR count). The van der Waals surface area contributed by atoms with Crippen molar-refractivity contribution in [2.45, 2.75) is 5.92 Å². The van der Waals surface area contributed by atoms with E-state index in [2.05, 4.69) is 9.80 Å². The van der Waals surface area contributed by atoms with E-state index in [0.717, 1.165) is 44.0 Å². The fourth-order valence-electron chi connectivity index (χ4n) is 5.42. The number of rotatable bonds is 6. The van der Waals surface area contributed by atoms with E-state index in [9.17, 15) is 23.7 Å². The fraction of sp³-hybridized carbons (Fsp3) is 0.321. The number of likely N-dealkylation sites (tertiary alicyclic amines) is 1. The molecule has 2 heterocycles. The van der Waals surface area contributed by atoms with Crippen LogP contribution >= 0.6 is 0 Å². The Kier molecular flexibility index (Phi) is 7.14. The zero-order valence-electron chi connectivity index (χ0n) is 20.3. The van der Waals surface area contributed by atoms with Gasteiger partial charge in [0.1, 0.15) is 11.6 Å². The Morgan fingerprint density at radius 2 is 1.59 bits per heavy atom. The summed E-state index contributed by atoms with van der Waals surface area (Å²) >= 11 is 0. The van der Waals surface area contributed by atoms with Crippen LogP contribution in [0.5, 0.6) is 0 Å². The van der Waals surface area contributed by atoms with Crippen LogP contribution in [0.3, 0.4) is 0 Å². The van der Waals surface area contributed by atoms with Crippen LogP contribution in [0.25, 0.3) is 0 Å². The van der Waals surface area contributed by atoms with E-state index in [0.29, 0.717) is 18.7 Å². The minimum atomic E-state index is -0.490. The number of piperazine rings is 1. The van der Waals surface area contributed by atoms with E-state index < -0.39 is 4.92 Å². The zero-order chi connectivity index (χ0) is 25.9. The Bertz CT molecular complexity index is 1260. The largest absolute Gasteiger partial charge is 0.369 e. The maximum absolute atomic E-state index is 14.1. The molecule has 3 aromatic carbocycles. The molecular formula is C28H28F2N4O3. The number of halogens is 2. The average molecular weight is 507 g/mol. The van der Waals surface area contributed by atoms with Crippen molar-refractivity contribution >= 4 is 17.3 Å². The Morgan fingerprint density at radius 1 is 0.892 bits per heavy atom. The quantitative estimate of drug-likeness (QED) is 0.362. The molecule has 2 saturated heterocycles. The monoisotopic (exact) mass is 506 g/mol. The lowest BCUT2D eigenvalue weighted by atomic mass is 9.88. The normalized spacial score (nSPS) is 20.3. The highest BCUT2D eigenvalue weighted by Gasteiger charge is 2.38. The van der Waals surface area contributed by atoms with Crippen LogP contribution in [0.15, 0.2) is 72.8 Å². The van der Waals surface area contributed by atoms with Gasteiger partial charge < -0.3 is 9.80 Å². The van der Waals surface area contributed by atoms with Crippen molar-refractivity contribution in [1.29, 1.82) is 0 Å². The van der Waals surface area contributed by atoms with Crippen LogP contribution in [0.1, 0.15) is 21.8 Å². The molecular weight excluding hydrogens is 478 g/mol. The number of nitro benzene ring substituents is 1. The summed E-state index contributed by atoms with van der Waals surface area (Å²) in [5, 5.41) is 11.0. The second kappa shape index (κ2) is 10.6. The topological polar surface area (TPSA) is 69.9 Å². The van der Waals surface area contributed by atoms with Gasteiger partial charge in [-0.2, -0.15) is 0 Å². The molecule has 3 aromatic rings. The Hall–Kier alpha value is -3.85. The molecule has 0 radical (unpaired) electrons. The van der Waals surface area contributed by atoms with E-state index in [4.69, 9.17) is 0 Å². The van der Waals surface area contributed by atoms with Crippen molar-refractivity contribution in [3.8, 4) is 0 Å². The molecule has 2 unspecified atom stereocenters. The van der Waals surface area contributed by atoms with Crippen molar-refractivity contribution in [2.24, 2.45) is 5.92 Å². The van der Waals surface area contributed by atoms with Gasteiger partial charge in [-0.15, -0.1) is 0 Å². The van der Waals surface area contributed by atoms with Crippen molar-refractivity contribution in [3.63, 3.8) is 0 Å². The maximum atomic E-state index is 14.1. The number of hydrogen-bond donors (Lipinski definition) is 0. The Morgan fingerprint density at radius 3 is 2.24 bits per heavy atom. The highest BCUT2D eigenvalue weighted by Crippen LogP contribution is 2.35. The second-order valence-electron chi connectivity index (χ2n) is 9.70. The molecule has 192 valence electrons. The SMILES string of the molecule is O=C(c1ccc([N+](=O)[O-])cc1)N1CC(CN2CCN(c3ccc(F)cc3)CC2)C(c2cccc(F)c2)C1. The first kappa shape index (κ1) is 24.8. The summed E-state index contributed by atoms with van der Waals surface area (Å²) in [5.41, 5.74) is 2.21. The highest BCUT2D eigenvalue weighted by atomic mass is 19.1. The molecule has 2 aliphatic heterocycles. The lowest BCUT2D eigenvalue weighted by Gasteiger charge is -2.37. The van der Waals surface area contributed by atoms with E-state index in [1.54, 1.807) is 29.2 Å². The van der Waals surface area contributed by atoms with Crippen LogP contribution in [-0.2, 0) is 0 Å². The van der Waals surface area contributed by atoms with Crippen molar-refractivity contribution in [1.82, 2.24) is 9.80 Å². The summed E-state index contributed by atoms with van der Waals surface area (Å²) in [6.45, 7) is 5.04. The third-order valence-electron chi connectivity index (χ3n) is 7.39. The smallest absolute Gasteiger partial charge is 0.269 e. The summed E-state index contributed by atoms with van der Waals surface area (Å²) in [4.78, 5) is 30.1. The van der Waals surface area contributed by atoms with Gasteiger partial charge in [-0.1, -0.05) is 12.1 Å². The number of amides is 1. The number of carbonyl (C=O) groups excluding carboxylic acids is 1.